The molecule has 0 atom stereocenters. The standard InChI is InChI=1S/C30H24O6/c1-13-14(2)32-26-8-20-19(7-25(26)31-13)21-9-27-29(35-16(4)15(3)33-27)11-23(21)24-12-30-28(10-22(20)24)34-17(5)18(6)36-30/h7-12H,1-6H3. The summed E-state index contributed by atoms with van der Waals surface area (Å²) in [5.41, 5.74) is 4.08. The van der Waals surface area contributed by atoms with Gasteiger partial charge in [-0.25, -0.2) is 0 Å². The average Bonchev–Trinajstić information content (AvgIpc) is 2.84. The fraction of sp³-hybridized carbons (Fsp3) is 0.200. The minimum Gasteiger partial charge on any atom is -0.455 e. The van der Waals surface area contributed by atoms with Crippen molar-refractivity contribution in [2.75, 3.05) is 0 Å². The van der Waals surface area contributed by atoms with Crippen LogP contribution in [0.3, 0.4) is 0 Å². The summed E-state index contributed by atoms with van der Waals surface area (Å²) in [4.78, 5) is 0. The van der Waals surface area contributed by atoms with E-state index in [1.54, 1.807) is 0 Å². The minimum absolute atomic E-state index is 0.681. The average molecular weight is 481 g/mol. The molecule has 0 aliphatic heterocycles. The van der Waals surface area contributed by atoms with Gasteiger partial charge in [0.1, 0.15) is 34.6 Å². The molecular formula is C30H24O6. The zero-order chi connectivity index (χ0) is 24.9. The Bertz CT molecular complexity index is 1690. The number of benzene rings is 4. The van der Waals surface area contributed by atoms with Gasteiger partial charge in [0.2, 0.25) is 0 Å². The number of fused-ring (bicyclic) bond motifs is 9. The van der Waals surface area contributed by atoms with Gasteiger partial charge in [0.25, 0.3) is 0 Å². The highest BCUT2D eigenvalue weighted by molar-refractivity contribution is 6.29. The quantitative estimate of drug-likeness (QED) is 0.159. The number of hydrogen-bond donors (Lipinski definition) is 0. The molecule has 0 amide bonds. The first-order chi connectivity index (χ1) is 17.3. The fourth-order valence-corrected chi connectivity index (χ4v) is 4.92. The lowest BCUT2D eigenvalue weighted by Crippen LogP contribution is -1.89. The third kappa shape index (κ3) is 2.90. The predicted molar refractivity (Wildman–Crippen MR) is 140 cm³/mol. The molecule has 0 unspecified atom stereocenters. The molecule has 3 aromatic heterocycles. The highest BCUT2D eigenvalue weighted by Crippen LogP contribution is 2.41. The molecular weight excluding hydrogens is 456 g/mol. The van der Waals surface area contributed by atoms with Crippen LogP contribution in [-0.2, 0) is 0 Å². The van der Waals surface area contributed by atoms with E-state index in [0.717, 1.165) is 66.9 Å². The van der Waals surface area contributed by atoms with Crippen LogP contribution in [0.15, 0.2) is 62.9 Å². The van der Waals surface area contributed by atoms with E-state index in [4.69, 9.17) is 26.5 Å². The molecule has 0 saturated carbocycles. The highest BCUT2D eigenvalue weighted by atomic mass is 16.4. The molecule has 0 fully saturated rings. The van der Waals surface area contributed by atoms with Crippen molar-refractivity contribution in [3.63, 3.8) is 0 Å². The summed E-state index contributed by atoms with van der Waals surface area (Å²) < 4.78 is 36.7. The van der Waals surface area contributed by atoms with Crippen molar-refractivity contribution in [1.82, 2.24) is 0 Å². The Kier molecular flexibility index (Phi) is 4.14. The Morgan fingerprint density at radius 3 is 0.556 bits per heavy atom. The molecule has 7 rings (SSSR count). The fourth-order valence-electron chi connectivity index (χ4n) is 4.92. The van der Waals surface area contributed by atoms with E-state index in [9.17, 15) is 0 Å². The minimum atomic E-state index is 0.681. The normalized spacial score (nSPS) is 12.2. The summed E-state index contributed by atoms with van der Waals surface area (Å²) in [5, 5.41) is 6.10. The van der Waals surface area contributed by atoms with Crippen molar-refractivity contribution in [2.45, 2.75) is 41.5 Å². The zero-order valence-corrected chi connectivity index (χ0v) is 20.9. The second-order valence-electron chi connectivity index (χ2n) is 9.48. The van der Waals surface area contributed by atoms with E-state index in [1.165, 1.54) is 0 Å². The monoisotopic (exact) mass is 480 g/mol. The molecule has 0 spiro atoms. The lowest BCUT2D eigenvalue weighted by Gasteiger charge is -2.14. The topological polar surface area (TPSA) is 78.8 Å². The Morgan fingerprint density at radius 1 is 0.278 bits per heavy atom. The van der Waals surface area contributed by atoms with Crippen LogP contribution in [0.5, 0.6) is 0 Å². The Morgan fingerprint density at radius 2 is 0.417 bits per heavy atom. The predicted octanol–water partition coefficient (Wildman–Crippen LogP) is 9.70. The third-order valence-corrected chi connectivity index (χ3v) is 7.19. The summed E-state index contributed by atoms with van der Waals surface area (Å²) >= 11 is 0. The molecule has 4 aromatic carbocycles. The van der Waals surface area contributed by atoms with Gasteiger partial charge < -0.3 is 26.5 Å². The van der Waals surface area contributed by atoms with Gasteiger partial charge in [-0.1, -0.05) is 0 Å². The Hall–Kier alpha value is -4.32. The van der Waals surface area contributed by atoms with E-state index < -0.39 is 0 Å². The highest BCUT2D eigenvalue weighted by Gasteiger charge is 2.17. The molecule has 36 heavy (non-hydrogen) atoms. The van der Waals surface area contributed by atoms with Gasteiger partial charge in [-0.15, -0.1) is 0 Å². The molecule has 0 bridgehead atoms. The second kappa shape index (κ2) is 7.10. The maximum absolute atomic E-state index is 6.11. The molecule has 180 valence electrons. The van der Waals surface area contributed by atoms with Crippen molar-refractivity contribution in [3.05, 3.63) is 71.0 Å². The van der Waals surface area contributed by atoms with Crippen LogP contribution in [0.25, 0.3) is 65.8 Å². The smallest absolute Gasteiger partial charge is 0.170 e. The van der Waals surface area contributed by atoms with E-state index >= 15 is 0 Å². The lowest BCUT2D eigenvalue weighted by atomic mass is 9.93. The first kappa shape index (κ1) is 21.0. The van der Waals surface area contributed by atoms with Crippen LogP contribution >= 0.6 is 0 Å². The van der Waals surface area contributed by atoms with Crippen molar-refractivity contribution < 1.29 is 26.5 Å². The molecule has 0 saturated heterocycles. The van der Waals surface area contributed by atoms with E-state index in [1.807, 2.05) is 77.9 Å². The molecule has 0 N–H and O–H groups in total. The molecule has 6 nitrogen and oxygen atoms in total. The number of aryl methyl sites for hydroxylation is 6. The van der Waals surface area contributed by atoms with Crippen molar-refractivity contribution in [2.24, 2.45) is 0 Å². The molecule has 3 heterocycles. The van der Waals surface area contributed by atoms with E-state index in [2.05, 4.69) is 0 Å². The van der Waals surface area contributed by atoms with Gasteiger partial charge in [-0.2, -0.15) is 0 Å². The Balaban J connectivity index is 1.76. The van der Waals surface area contributed by atoms with Gasteiger partial charge in [-0.3, -0.25) is 0 Å². The SMILES string of the molecule is Cc1oc2cc3c4cc5oc(C)c(C)oc5cc4c4cc5oc(C)c(C)oc5cc4c3cc2oc1C. The first-order valence-electron chi connectivity index (χ1n) is 11.9. The summed E-state index contributed by atoms with van der Waals surface area (Å²) in [6.07, 6.45) is 0. The van der Waals surface area contributed by atoms with Crippen LogP contribution in [0.1, 0.15) is 34.6 Å². The van der Waals surface area contributed by atoms with Crippen LogP contribution in [0.2, 0.25) is 0 Å². The van der Waals surface area contributed by atoms with Crippen molar-refractivity contribution in [1.29, 1.82) is 0 Å². The maximum atomic E-state index is 6.11. The molecule has 0 aliphatic carbocycles. The van der Waals surface area contributed by atoms with Crippen molar-refractivity contribution in [3.8, 4) is 0 Å². The van der Waals surface area contributed by atoms with Gasteiger partial charge in [0, 0.05) is 0 Å². The first-order valence-corrected chi connectivity index (χ1v) is 11.9. The van der Waals surface area contributed by atoms with Crippen LogP contribution in [0, 0.1) is 41.5 Å². The van der Waals surface area contributed by atoms with Crippen LogP contribution < -0.4 is 0 Å². The molecule has 7 aromatic rings. The van der Waals surface area contributed by atoms with E-state index in [-0.39, 0.29) is 0 Å². The summed E-state index contributed by atoms with van der Waals surface area (Å²) in [7, 11) is 0. The van der Waals surface area contributed by atoms with Gasteiger partial charge in [0.15, 0.2) is 33.5 Å². The van der Waals surface area contributed by atoms with Gasteiger partial charge in [-0.05, 0) is 110 Å². The van der Waals surface area contributed by atoms with Gasteiger partial charge >= 0.3 is 0 Å². The second-order valence-corrected chi connectivity index (χ2v) is 9.48. The lowest BCUT2D eigenvalue weighted by molar-refractivity contribution is 0.459. The maximum Gasteiger partial charge on any atom is 0.170 e. The van der Waals surface area contributed by atoms with Crippen LogP contribution in [-0.4, -0.2) is 0 Å². The number of rotatable bonds is 0. The third-order valence-electron chi connectivity index (χ3n) is 7.19. The van der Waals surface area contributed by atoms with Crippen LogP contribution in [0.4, 0.5) is 0 Å². The molecule has 0 aliphatic rings. The van der Waals surface area contributed by atoms with Gasteiger partial charge in [0.05, 0.1) is 0 Å². The number of hydrogen-bond acceptors (Lipinski definition) is 6. The largest absolute Gasteiger partial charge is 0.455 e. The summed E-state index contributed by atoms with van der Waals surface area (Å²) in [6.45, 7) is 11.4. The summed E-state index contributed by atoms with van der Waals surface area (Å²) in [6, 6.07) is 12.2. The van der Waals surface area contributed by atoms with Crippen molar-refractivity contribution >= 4 is 65.8 Å². The molecule has 6 heteroatoms. The zero-order valence-electron chi connectivity index (χ0n) is 20.9. The van der Waals surface area contributed by atoms with E-state index in [0.29, 0.717) is 33.5 Å². The Labute approximate surface area is 205 Å². The molecule has 0 radical (unpaired) electrons. The summed E-state index contributed by atoms with van der Waals surface area (Å²) in [5.74, 6) is 4.47.